The molecule has 0 fully saturated rings. The lowest BCUT2D eigenvalue weighted by Gasteiger charge is -2.05. The average molecular weight is 238 g/mol. The highest BCUT2D eigenvalue weighted by molar-refractivity contribution is 6.30. The third-order valence-electron chi connectivity index (χ3n) is 2.24. The molecule has 0 aliphatic carbocycles. The molecule has 0 saturated carbocycles. The number of pyridine rings is 1. The first-order valence-electron chi connectivity index (χ1n) is 4.76. The van der Waals surface area contributed by atoms with Crippen LogP contribution in [0.5, 0.6) is 0 Å². The van der Waals surface area contributed by atoms with E-state index in [1.54, 1.807) is 24.4 Å². The molecule has 1 aromatic carbocycles. The molecule has 0 saturated heterocycles. The first-order valence-corrected chi connectivity index (χ1v) is 5.14. The minimum Gasteiger partial charge on any atom is -0.311 e. The molecule has 0 unspecified atom stereocenters. The van der Waals surface area contributed by atoms with Crippen LogP contribution >= 0.6 is 11.6 Å². The van der Waals surface area contributed by atoms with Crippen LogP contribution in [0.1, 0.15) is 5.56 Å². The van der Waals surface area contributed by atoms with Crippen molar-refractivity contribution in [2.75, 3.05) is 0 Å². The van der Waals surface area contributed by atoms with Crippen LogP contribution in [0.3, 0.4) is 0 Å². The van der Waals surface area contributed by atoms with Crippen LogP contribution < -0.4 is 5.56 Å². The molecule has 0 bridgehead atoms. The second kappa shape index (κ2) is 4.49. The molecule has 82 valence electrons. The predicted molar refractivity (Wildman–Crippen MR) is 61.2 cm³/mol. The van der Waals surface area contributed by atoms with Gasteiger partial charge in [0.2, 0.25) is 0 Å². The summed E-state index contributed by atoms with van der Waals surface area (Å²) in [5.74, 6) is -0.469. The van der Waals surface area contributed by atoms with Crippen molar-refractivity contribution < 1.29 is 4.39 Å². The van der Waals surface area contributed by atoms with Crippen molar-refractivity contribution in [3.8, 4) is 0 Å². The predicted octanol–water partition coefficient (Wildman–Crippen LogP) is 2.69. The fourth-order valence-electron chi connectivity index (χ4n) is 1.43. The summed E-state index contributed by atoms with van der Waals surface area (Å²) in [5, 5.41) is 0.0872. The molecular weight excluding hydrogens is 229 g/mol. The van der Waals surface area contributed by atoms with E-state index in [-0.39, 0.29) is 10.6 Å². The quantitative estimate of drug-likeness (QED) is 0.787. The normalized spacial score (nSPS) is 10.4. The lowest BCUT2D eigenvalue weighted by Crippen LogP contribution is -2.18. The second-order valence-corrected chi connectivity index (χ2v) is 3.82. The SMILES string of the molecule is O=c1ccccn1Cc1ccc(Cl)c(F)c1. The highest BCUT2D eigenvalue weighted by Gasteiger charge is 2.02. The van der Waals surface area contributed by atoms with Crippen LogP contribution in [0.4, 0.5) is 4.39 Å². The number of aromatic nitrogens is 1. The largest absolute Gasteiger partial charge is 0.311 e. The first kappa shape index (κ1) is 10.9. The van der Waals surface area contributed by atoms with Gasteiger partial charge in [0.1, 0.15) is 5.82 Å². The summed E-state index contributed by atoms with van der Waals surface area (Å²) in [6.07, 6.45) is 1.66. The minimum absolute atomic E-state index is 0.0872. The smallest absolute Gasteiger partial charge is 0.250 e. The summed E-state index contributed by atoms with van der Waals surface area (Å²) in [5.41, 5.74) is 0.591. The Morgan fingerprint density at radius 3 is 2.75 bits per heavy atom. The van der Waals surface area contributed by atoms with E-state index >= 15 is 0 Å². The Kier molecular flexibility index (Phi) is 3.06. The van der Waals surface area contributed by atoms with Crippen LogP contribution in [0.25, 0.3) is 0 Å². The molecule has 0 atom stereocenters. The molecule has 0 N–H and O–H groups in total. The lowest BCUT2D eigenvalue weighted by molar-refractivity contribution is 0.623. The average Bonchev–Trinajstić information content (AvgIpc) is 2.27. The van der Waals surface area contributed by atoms with Gasteiger partial charge in [0.05, 0.1) is 11.6 Å². The van der Waals surface area contributed by atoms with Crippen LogP contribution in [0.2, 0.25) is 5.02 Å². The van der Waals surface area contributed by atoms with Crippen molar-refractivity contribution in [1.82, 2.24) is 4.57 Å². The van der Waals surface area contributed by atoms with E-state index in [1.165, 1.54) is 22.8 Å². The van der Waals surface area contributed by atoms with Crippen LogP contribution in [-0.2, 0) is 6.54 Å². The van der Waals surface area contributed by atoms with Gasteiger partial charge in [0.25, 0.3) is 5.56 Å². The maximum atomic E-state index is 13.2. The number of halogens is 2. The first-order chi connectivity index (χ1) is 7.66. The highest BCUT2D eigenvalue weighted by atomic mass is 35.5. The molecule has 4 heteroatoms. The zero-order chi connectivity index (χ0) is 11.5. The molecular formula is C12H9ClFNO. The third-order valence-corrected chi connectivity index (χ3v) is 2.54. The fraction of sp³-hybridized carbons (Fsp3) is 0.0833. The van der Waals surface area contributed by atoms with E-state index in [1.807, 2.05) is 0 Å². The zero-order valence-corrected chi connectivity index (χ0v) is 9.12. The maximum Gasteiger partial charge on any atom is 0.250 e. The molecule has 0 aliphatic rings. The summed E-state index contributed by atoms with van der Waals surface area (Å²) in [7, 11) is 0. The fourth-order valence-corrected chi connectivity index (χ4v) is 1.54. The molecule has 1 heterocycles. The molecule has 16 heavy (non-hydrogen) atoms. The summed E-state index contributed by atoms with van der Waals surface area (Å²) in [6, 6.07) is 9.41. The van der Waals surface area contributed by atoms with E-state index in [9.17, 15) is 9.18 Å². The Morgan fingerprint density at radius 1 is 1.25 bits per heavy atom. The molecule has 1 aromatic heterocycles. The van der Waals surface area contributed by atoms with Gasteiger partial charge in [0.15, 0.2) is 0 Å². The van der Waals surface area contributed by atoms with Crippen molar-refractivity contribution >= 4 is 11.6 Å². The molecule has 2 aromatic rings. The van der Waals surface area contributed by atoms with Gasteiger partial charge in [-0.2, -0.15) is 0 Å². The van der Waals surface area contributed by atoms with Crippen molar-refractivity contribution in [2.45, 2.75) is 6.54 Å². The van der Waals surface area contributed by atoms with Crippen LogP contribution in [0, 0.1) is 5.82 Å². The van der Waals surface area contributed by atoms with Gasteiger partial charge in [0, 0.05) is 12.3 Å². The van der Waals surface area contributed by atoms with Gasteiger partial charge in [-0.05, 0) is 23.8 Å². The standard InChI is InChI=1S/C12H9ClFNO/c13-10-5-4-9(7-11(10)14)8-15-6-2-1-3-12(15)16/h1-7H,8H2. The van der Waals surface area contributed by atoms with Gasteiger partial charge in [-0.1, -0.05) is 23.7 Å². The van der Waals surface area contributed by atoms with Crippen LogP contribution in [0.15, 0.2) is 47.4 Å². The minimum atomic E-state index is -0.469. The van der Waals surface area contributed by atoms with Crippen molar-refractivity contribution in [1.29, 1.82) is 0 Å². The number of benzene rings is 1. The van der Waals surface area contributed by atoms with Gasteiger partial charge in [-0.15, -0.1) is 0 Å². The molecule has 0 amide bonds. The Bertz CT molecular complexity index is 565. The van der Waals surface area contributed by atoms with Gasteiger partial charge < -0.3 is 4.57 Å². The van der Waals surface area contributed by atoms with E-state index in [2.05, 4.69) is 0 Å². The summed E-state index contributed by atoms with van der Waals surface area (Å²) in [4.78, 5) is 11.4. The monoisotopic (exact) mass is 237 g/mol. The summed E-state index contributed by atoms with van der Waals surface area (Å²) in [6.45, 7) is 0.341. The molecule has 0 radical (unpaired) electrons. The third kappa shape index (κ3) is 2.31. The second-order valence-electron chi connectivity index (χ2n) is 3.42. The Morgan fingerprint density at radius 2 is 2.06 bits per heavy atom. The number of nitrogens with zero attached hydrogens (tertiary/aromatic N) is 1. The Balaban J connectivity index is 2.31. The Labute approximate surface area is 96.9 Å². The molecule has 0 spiro atoms. The topological polar surface area (TPSA) is 22.0 Å². The molecule has 2 rings (SSSR count). The van der Waals surface area contributed by atoms with E-state index in [4.69, 9.17) is 11.6 Å². The summed E-state index contributed by atoms with van der Waals surface area (Å²) >= 11 is 5.57. The highest BCUT2D eigenvalue weighted by Crippen LogP contribution is 2.15. The lowest BCUT2D eigenvalue weighted by atomic mass is 10.2. The zero-order valence-electron chi connectivity index (χ0n) is 8.36. The van der Waals surface area contributed by atoms with Gasteiger partial charge >= 0.3 is 0 Å². The summed E-state index contributed by atoms with van der Waals surface area (Å²) < 4.78 is 14.7. The molecule has 2 nitrogen and oxygen atoms in total. The van der Waals surface area contributed by atoms with Crippen molar-refractivity contribution in [3.05, 3.63) is 69.4 Å². The molecule has 0 aliphatic heterocycles. The van der Waals surface area contributed by atoms with Gasteiger partial charge in [-0.25, -0.2) is 4.39 Å². The Hall–Kier alpha value is -1.61. The van der Waals surface area contributed by atoms with E-state index in [0.717, 1.165) is 0 Å². The van der Waals surface area contributed by atoms with Crippen molar-refractivity contribution in [2.24, 2.45) is 0 Å². The van der Waals surface area contributed by atoms with Crippen molar-refractivity contribution in [3.63, 3.8) is 0 Å². The van der Waals surface area contributed by atoms with E-state index in [0.29, 0.717) is 12.1 Å². The number of rotatable bonds is 2. The number of hydrogen-bond donors (Lipinski definition) is 0. The number of hydrogen-bond acceptors (Lipinski definition) is 1. The van der Waals surface area contributed by atoms with Crippen LogP contribution in [-0.4, -0.2) is 4.57 Å². The van der Waals surface area contributed by atoms with E-state index < -0.39 is 5.82 Å². The van der Waals surface area contributed by atoms with Gasteiger partial charge in [-0.3, -0.25) is 4.79 Å². The maximum absolute atomic E-state index is 13.2.